The summed E-state index contributed by atoms with van der Waals surface area (Å²) in [5.74, 6) is 0.894. The molecule has 0 aromatic heterocycles. The van der Waals surface area contributed by atoms with Crippen molar-refractivity contribution in [2.45, 2.75) is 44.6 Å². The Balaban J connectivity index is 1.91. The monoisotopic (exact) mass is 308 g/mol. The molecule has 1 aliphatic heterocycles. The normalized spacial score (nSPS) is 27.9. The summed E-state index contributed by atoms with van der Waals surface area (Å²) in [4.78, 5) is 2.58. The molecular weight excluding hydrogens is 288 g/mol. The molecule has 1 aliphatic carbocycles. The van der Waals surface area contributed by atoms with E-state index in [-0.39, 0.29) is 0 Å². The van der Waals surface area contributed by atoms with Gasteiger partial charge in [0, 0.05) is 17.1 Å². The predicted octanol–water partition coefficient (Wildman–Crippen LogP) is 4.19. The number of fused-ring (bicyclic) bond motifs is 1. The zero-order valence-corrected chi connectivity index (χ0v) is 12.3. The Kier molecular flexibility index (Phi) is 3.51. The number of piperidine rings is 1. The van der Waals surface area contributed by atoms with Crippen LogP contribution in [0.25, 0.3) is 0 Å². The van der Waals surface area contributed by atoms with Gasteiger partial charge in [0.15, 0.2) is 0 Å². The first-order valence-electron chi connectivity index (χ1n) is 7.07. The Hall–Kier alpha value is -0.700. The maximum atomic E-state index is 6.18. The highest BCUT2D eigenvalue weighted by Crippen LogP contribution is 2.40. The smallest absolute Gasteiger partial charge is 0.0613 e. The van der Waals surface area contributed by atoms with Gasteiger partial charge in [-0.1, -0.05) is 28.8 Å². The molecule has 2 nitrogen and oxygen atoms in total. The highest BCUT2D eigenvalue weighted by atomic mass is 79.9. The van der Waals surface area contributed by atoms with Gasteiger partial charge in [-0.3, -0.25) is 0 Å². The number of anilines is 2. The lowest BCUT2D eigenvalue weighted by atomic mass is 9.78. The number of nitrogens with zero attached hydrogens (tertiary/aromatic N) is 1. The average Bonchev–Trinajstić information content (AvgIpc) is 2.41. The number of nitrogen functional groups attached to an aromatic ring is 1. The van der Waals surface area contributed by atoms with E-state index in [1.807, 2.05) is 12.1 Å². The largest absolute Gasteiger partial charge is 0.397 e. The van der Waals surface area contributed by atoms with Crippen LogP contribution in [0.2, 0.25) is 0 Å². The van der Waals surface area contributed by atoms with Crippen LogP contribution in [0, 0.1) is 5.92 Å². The molecule has 0 spiro atoms. The minimum Gasteiger partial charge on any atom is -0.397 e. The van der Waals surface area contributed by atoms with Gasteiger partial charge < -0.3 is 10.6 Å². The van der Waals surface area contributed by atoms with Gasteiger partial charge in [-0.2, -0.15) is 0 Å². The quantitative estimate of drug-likeness (QED) is 0.788. The van der Waals surface area contributed by atoms with Crippen molar-refractivity contribution in [3.05, 3.63) is 22.7 Å². The van der Waals surface area contributed by atoms with Gasteiger partial charge in [-0.05, 0) is 49.8 Å². The molecule has 0 amide bonds. The third kappa shape index (κ3) is 2.25. The van der Waals surface area contributed by atoms with E-state index in [1.54, 1.807) is 0 Å². The average molecular weight is 309 g/mol. The number of halogens is 1. The highest BCUT2D eigenvalue weighted by Gasteiger charge is 2.33. The van der Waals surface area contributed by atoms with Crippen LogP contribution in [0.15, 0.2) is 22.7 Å². The Morgan fingerprint density at radius 2 is 1.89 bits per heavy atom. The molecule has 1 aromatic carbocycles. The summed E-state index contributed by atoms with van der Waals surface area (Å²) >= 11 is 3.57. The van der Waals surface area contributed by atoms with Gasteiger partial charge in [0.1, 0.15) is 0 Å². The van der Waals surface area contributed by atoms with Crippen LogP contribution < -0.4 is 10.6 Å². The molecule has 2 fully saturated rings. The molecule has 1 aromatic rings. The summed E-state index contributed by atoms with van der Waals surface area (Å²) in [7, 11) is 0. The fraction of sp³-hybridized carbons (Fsp3) is 0.600. The first kappa shape index (κ1) is 12.3. The second-order valence-electron chi connectivity index (χ2n) is 5.65. The molecule has 1 saturated heterocycles. The van der Waals surface area contributed by atoms with Gasteiger partial charge in [0.05, 0.1) is 11.4 Å². The van der Waals surface area contributed by atoms with E-state index >= 15 is 0 Å². The summed E-state index contributed by atoms with van der Waals surface area (Å²) in [6.07, 6.45) is 8.28. The first-order chi connectivity index (χ1) is 8.75. The van der Waals surface area contributed by atoms with Crippen LogP contribution in [-0.2, 0) is 0 Å². The second-order valence-corrected chi connectivity index (χ2v) is 6.57. The standard InChI is InChI=1S/C15H21BrN2/c16-12-7-8-13(17)15(10-12)18-9-3-5-11-4-1-2-6-14(11)18/h7-8,10-11,14H,1-6,9,17H2. The molecular formula is C15H21BrN2. The molecule has 1 heterocycles. The maximum absolute atomic E-state index is 6.18. The first-order valence-corrected chi connectivity index (χ1v) is 7.86. The molecule has 0 radical (unpaired) electrons. The Labute approximate surface area is 118 Å². The molecule has 2 N–H and O–H groups in total. The summed E-state index contributed by atoms with van der Waals surface area (Å²) < 4.78 is 1.13. The third-order valence-corrected chi connectivity index (χ3v) is 5.04. The zero-order chi connectivity index (χ0) is 12.5. The lowest BCUT2D eigenvalue weighted by Gasteiger charge is -2.45. The Morgan fingerprint density at radius 1 is 1.11 bits per heavy atom. The topological polar surface area (TPSA) is 29.3 Å². The Bertz CT molecular complexity index is 431. The van der Waals surface area contributed by atoms with Crippen molar-refractivity contribution in [2.75, 3.05) is 17.2 Å². The van der Waals surface area contributed by atoms with Crippen molar-refractivity contribution in [1.82, 2.24) is 0 Å². The van der Waals surface area contributed by atoms with Crippen molar-refractivity contribution < 1.29 is 0 Å². The van der Waals surface area contributed by atoms with Gasteiger partial charge in [0.25, 0.3) is 0 Å². The molecule has 0 bridgehead atoms. The van der Waals surface area contributed by atoms with Crippen LogP contribution in [-0.4, -0.2) is 12.6 Å². The fourth-order valence-corrected chi connectivity index (χ4v) is 4.04. The van der Waals surface area contributed by atoms with Crippen molar-refractivity contribution in [3.63, 3.8) is 0 Å². The molecule has 98 valence electrons. The van der Waals surface area contributed by atoms with E-state index in [2.05, 4.69) is 26.9 Å². The maximum Gasteiger partial charge on any atom is 0.0613 e. The fourth-order valence-electron chi connectivity index (χ4n) is 3.69. The predicted molar refractivity (Wildman–Crippen MR) is 80.9 cm³/mol. The summed E-state index contributed by atoms with van der Waals surface area (Å²) in [5, 5.41) is 0. The van der Waals surface area contributed by atoms with Gasteiger partial charge in [-0.15, -0.1) is 0 Å². The van der Waals surface area contributed by atoms with Crippen molar-refractivity contribution in [1.29, 1.82) is 0 Å². The minimum atomic E-state index is 0.726. The number of hydrogen-bond donors (Lipinski definition) is 1. The molecule has 2 aliphatic rings. The highest BCUT2D eigenvalue weighted by molar-refractivity contribution is 9.10. The van der Waals surface area contributed by atoms with Crippen LogP contribution in [0.4, 0.5) is 11.4 Å². The lowest BCUT2D eigenvalue weighted by molar-refractivity contribution is 0.244. The summed E-state index contributed by atoms with van der Waals surface area (Å²) in [5.41, 5.74) is 8.34. The van der Waals surface area contributed by atoms with E-state index in [0.717, 1.165) is 22.1 Å². The van der Waals surface area contributed by atoms with Crippen molar-refractivity contribution in [2.24, 2.45) is 5.92 Å². The third-order valence-electron chi connectivity index (χ3n) is 4.55. The summed E-state index contributed by atoms with van der Waals surface area (Å²) in [6, 6.07) is 6.96. The lowest BCUT2D eigenvalue weighted by Crippen LogP contribution is -2.47. The van der Waals surface area contributed by atoms with E-state index in [1.165, 1.54) is 50.8 Å². The van der Waals surface area contributed by atoms with Gasteiger partial charge in [-0.25, -0.2) is 0 Å². The van der Waals surface area contributed by atoms with Crippen molar-refractivity contribution >= 4 is 27.3 Å². The van der Waals surface area contributed by atoms with Crippen LogP contribution in [0.3, 0.4) is 0 Å². The molecule has 1 saturated carbocycles. The molecule has 2 atom stereocenters. The molecule has 3 heteroatoms. The van der Waals surface area contributed by atoms with E-state index < -0.39 is 0 Å². The second kappa shape index (κ2) is 5.12. The van der Waals surface area contributed by atoms with E-state index in [4.69, 9.17) is 5.73 Å². The molecule has 18 heavy (non-hydrogen) atoms. The van der Waals surface area contributed by atoms with E-state index in [9.17, 15) is 0 Å². The SMILES string of the molecule is Nc1ccc(Br)cc1N1CCCC2CCCCC21. The number of rotatable bonds is 1. The van der Waals surface area contributed by atoms with Gasteiger partial charge >= 0.3 is 0 Å². The molecule has 3 rings (SSSR count). The van der Waals surface area contributed by atoms with Gasteiger partial charge in [0.2, 0.25) is 0 Å². The number of hydrogen-bond acceptors (Lipinski definition) is 2. The summed E-state index contributed by atoms with van der Waals surface area (Å²) in [6.45, 7) is 1.17. The van der Waals surface area contributed by atoms with E-state index in [0.29, 0.717) is 0 Å². The zero-order valence-electron chi connectivity index (χ0n) is 10.7. The Morgan fingerprint density at radius 3 is 2.78 bits per heavy atom. The molecule has 2 unspecified atom stereocenters. The number of nitrogens with two attached hydrogens (primary N) is 1. The number of benzene rings is 1. The van der Waals surface area contributed by atoms with Crippen molar-refractivity contribution in [3.8, 4) is 0 Å². The van der Waals surface area contributed by atoms with Crippen LogP contribution >= 0.6 is 15.9 Å². The van der Waals surface area contributed by atoms with Crippen LogP contribution in [0.1, 0.15) is 38.5 Å². The minimum absolute atomic E-state index is 0.726. The van der Waals surface area contributed by atoms with Crippen LogP contribution in [0.5, 0.6) is 0 Å².